The highest BCUT2D eigenvalue weighted by Crippen LogP contribution is 2.62. The summed E-state index contributed by atoms with van der Waals surface area (Å²) < 4.78 is 50.6. The molecule has 0 amide bonds. The Bertz CT molecular complexity index is 426. The van der Waals surface area contributed by atoms with Gasteiger partial charge in [0.2, 0.25) is 0 Å². The molecule has 2 atom stereocenters. The largest absolute Gasteiger partial charge is 0.377 e. The van der Waals surface area contributed by atoms with Crippen molar-refractivity contribution in [2.75, 3.05) is 7.11 Å². The van der Waals surface area contributed by atoms with Crippen LogP contribution in [0, 0.1) is 23.2 Å². The van der Waals surface area contributed by atoms with Gasteiger partial charge in [-0.05, 0) is 56.3 Å². The Balaban J connectivity index is 1.91. The van der Waals surface area contributed by atoms with Crippen LogP contribution in [0.2, 0.25) is 0 Å². The molecule has 4 fully saturated rings. The first kappa shape index (κ1) is 13.8. The van der Waals surface area contributed by atoms with E-state index in [0.717, 1.165) is 19.3 Å². The molecule has 4 rings (SSSR count). The van der Waals surface area contributed by atoms with E-state index < -0.39 is 27.1 Å². The molecule has 0 radical (unpaired) electrons. The number of halogens is 1. The van der Waals surface area contributed by atoms with Crippen molar-refractivity contribution in [3.05, 3.63) is 0 Å². The molecule has 2 unspecified atom stereocenters. The molecule has 0 aromatic carbocycles. The minimum atomic E-state index is -4.70. The van der Waals surface area contributed by atoms with E-state index in [2.05, 4.69) is 0 Å². The van der Waals surface area contributed by atoms with E-state index in [0.29, 0.717) is 17.8 Å². The molecule has 0 aromatic heterocycles. The Kier molecular flexibility index (Phi) is 3.19. The molecular formula is C13H21FO4S. The first-order chi connectivity index (χ1) is 8.84. The summed E-state index contributed by atoms with van der Waals surface area (Å²) >= 11 is 0. The average Bonchev–Trinajstić information content (AvgIpc) is 2.25. The molecule has 4 nitrogen and oxygen atoms in total. The fraction of sp³-hybridized carbons (Fsp3) is 1.00. The van der Waals surface area contributed by atoms with Crippen molar-refractivity contribution in [1.82, 2.24) is 0 Å². The third-order valence-electron chi connectivity index (χ3n) is 5.47. The van der Waals surface area contributed by atoms with Crippen molar-refractivity contribution >= 4 is 10.1 Å². The maximum Gasteiger partial charge on any atom is 0.300 e. The first-order valence-electron chi connectivity index (χ1n) is 6.97. The summed E-state index contributed by atoms with van der Waals surface area (Å²) in [5.74, 6) is 1.74. The predicted octanol–water partition coefficient (Wildman–Crippen LogP) is 2.40. The molecule has 4 aliphatic carbocycles. The Morgan fingerprint density at radius 1 is 1.16 bits per heavy atom. The van der Waals surface area contributed by atoms with Crippen LogP contribution in [0.3, 0.4) is 0 Å². The maximum atomic E-state index is 14.1. The lowest BCUT2D eigenvalue weighted by Gasteiger charge is -2.59. The van der Waals surface area contributed by atoms with Gasteiger partial charge in [-0.15, -0.1) is 0 Å². The van der Waals surface area contributed by atoms with Gasteiger partial charge in [0.25, 0.3) is 15.6 Å². The number of ether oxygens (including phenoxy) is 1. The normalized spacial score (nSPS) is 44.3. The monoisotopic (exact) mass is 292 g/mol. The second kappa shape index (κ2) is 4.40. The highest BCUT2D eigenvalue weighted by Gasteiger charge is 2.58. The van der Waals surface area contributed by atoms with Gasteiger partial charge in [0.1, 0.15) is 6.10 Å². The van der Waals surface area contributed by atoms with Crippen molar-refractivity contribution in [3.8, 4) is 0 Å². The van der Waals surface area contributed by atoms with Gasteiger partial charge in [0.05, 0.1) is 0 Å². The van der Waals surface area contributed by atoms with Gasteiger partial charge in [0.15, 0.2) is 0 Å². The van der Waals surface area contributed by atoms with Gasteiger partial charge in [0, 0.05) is 12.5 Å². The van der Waals surface area contributed by atoms with E-state index in [1.54, 1.807) is 0 Å². The highest BCUT2D eigenvalue weighted by molar-refractivity contribution is 7.86. The van der Waals surface area contributed by atoms with Crippen LogP contribution < -0.4 is 0 Å². The molecule has 0 saturated heterocycles. The fourth-order valence-corrected chi connectivity index (χ4v) is 6.03. The molecule has 0 spiro atoms. The number of hydrogen-bond acceptors (Lipinski definition) is 3. The summed E-state index contributed by atoms with van der Waals surface area (Å²) in [6.45, 7) is 0. The fourth-order valence-electron chi connectivity index (χ4n) is 5.32. The van der Waals surface area contributed by atoms with Gasteiger partial charge in [-0.25, -0.2) is 4.39 Å². The van der Waals surface area contributed by atoms with Crippen LogP contribution in [0.1, 0.15) is 38.5 Å². The topological polar surface area (TPSA) is 63.6 Å². The van der Waals surface area contributed by atoms with Gasteiger partial charge in [-0.1, -0.05) is 0 Å². The Morgan fingerprint density at radius 2 is 1.58 bits per heavy atom. The van der Waals surface area contributed by atoms with Crippen LogP contribution in [-0.2, 0) is 14.9 Å². The molecule has 0 aliphatic heterocycles. The molecule has 0 heterocycles. The molecule has 4 saturated carbocycles. The maximum absolute atomic E-state index is 14.1. The third-order valence-corrected chi connectivity index (χ3v) is 6.28. The van der Waals surface area contributed by atoms with E-state index in [4.69, 9.17) is 9.29 Å². The first-order valence-corrected chi connectivity index (χ1v) is 8.47. The number of hydrogen-bond donors (Lipinski definition) is 1. The highest BCUT2D eigenvalue weighted by atomic mass is 32.2. The zero-order valence-electron chi connectivity index (χ0n) is 11.1. The summed E-state index contributed by atoms with van der Waals surface area (Å²) in [5, 5.41) is 0. The molecule has 4 bridgehead atoms. The lowest BCUT2D eigenvalue weighted by Crippen LogP contribution is -2.55. The average molecular weight is 292 g/mol. The van der Waals surface area contributed by atoms with Crippen LogP contribution in [-0.4, -0.2) is 31.7 Å². The molecule has 6 heteroatoms. The van der Waals surface area contributed by atoms with E-state index in [9.17, 15) is 12.8 Å². The summed E-state index contributed by atoms with van der Waals surface area (Å²) in [6.07, 6.45) is 5.07. The Labute approximate surface area is 113 Å². The van der Waals surface area contributed by atoms with Crippen molar-refractivity contribution < 1.29 is 22.1 Å². The number of rotatable bonds is 4. The predicted molar refractivity (Wildman–Crippen MR) is 67.8 cm³/mol. The zero-order chi connectivity index (χ0) is 13.8. The van der Waals surface area contributed by atoms with Gasteiger partial charge < -0.3 is 4.74 Å². The second-order valence-corrected chi connectivity index (χ2v) is 8.28. The Morgan fingerprint density at radius 3 is 1.89 bits per heavy atom. The second-order valence-electron chi connectivity index (χ2n) is 6.80. The van der Waals surface area contributed by atoms with Crippen molar-refractivity contribution in [2.24, 2.45) is 23.2 Å². The summed E-state index contributed by atoms with van der Waals surface area (Å²) in [6, 6.07) is 0. The van der Waals surface area contributed by atoms with Crippen LogP contribution in [0.5, 0.6) is 0 Å². The molecular weight excluding hydrogens is 271 g/mol. The molecule has 1 N–H and O–H groups in total. The van der Waals surface area contributed by atoms with Crippen LogP contribution >= 0.6 is 0 Å². The van der Waals surface area contributed by atoms with E-state index in [1.165, 1.54) is 26.4 Å². The molecule has 4 aliphatic rings. The molecule has 19 heavy (non-hydrogen) atoms. The van der Waals surface area contributed by atoms with Gasteiger partial charge in [-0.2, -0.15) is 8.42 Å². The van der Waals surface area contributed by atoms with Crippen molar-refractivity contribution in [2.45, 2.75) is 50.1 Å². The van der Waals surface area contributed by atoms with E-state index in [-0.39, 0.29) is 0 Å². The van der Waals surface area contributed by atoms with Crippen molar-refractivity contribution in [1.29, 1.82) is 0 Å². The lowest BCUT2D eigenvalue weighted by atomic mass is 9.48. The smallest absolute Gasteiger partial charge is 0.300 e. The number of alkyl halides is 1. The zero-order valence-corrected chi connectivity index (χ0v) is 11.9. The minimum Gasteiger partial charge on any atom is -0.377 e. The minimum absolute atomic E-state index is 0.390. The van der Waals surface area contributed by atoms with Gasteiger partial charge in [-0.3, -0.25) is 4.55 Å². The van der Waals surface area contributed by atoms with Crippen molar-refractivity contribution in [3.63, 3.8) is 0 Å². The van der Waals surface area contributed by atoms with E-state index >= 15 is 0 Å². The SMILES string of the molecule is COC(C(F)S(=O)(=O)O)C12CC3CC(CC(C3)C1)C2. The van der Waals surface area contributed by atoms with Crippen LogP contribution in [0.25, 0.3) is 0 Å². The quantitative estimate of drug-likeness (QED) is 0.808. The Hall–Kier alpha value is -0.200. The number of methoxy groups -OCH3 is 1. The lowest BCUT2D eigenvalue weighted by molar-refractivity contribution is -0.143. The third kappa shape index (κ3) is 2.21. The van der Waals surface area contributed by atoms with Crippen LogP contribution in [0.15, 0.2) is 0 Å². The summed E-state index contributed by atoms with van der Waals surface area (Å²) in [4.78, 5) is 0. The van der Waals surface area contributed by atoms with E-state index in [1.807, 2.05) is 0 Å². The summed E-state index contributed by atoms with van der Waals surface area (Å²) in [5.41, 5.74) is -2.72. The van der Waals surface area contributed by atoms with Gasteiger partial charge >= 0.3 is 0 Å². The molecule has 0 aromatic rings. The molecule has 110 valence electrons. The van der Waals surface area contributed by atoms with Crippen LogP contribution in [0.4, 0.5) is 4.39 Å². The standard InChI is InChI=1S/C13H21FO4S/c1-18-11(12(14)19(15,16)17)13-5-8-2-9(6-13)4-10(3-8)7-13/h8-12H,2-7H2,1H3,(H,15,16,17). The summed E-state index contributed by atoms with van der Waals surface area (Å²) in [7, 11) is -3.35.